The second-order valence-electron chi connectivity index (χ2n) is 3.86. The summed E-state index contributed by atoms with van der Waals surface area (Å²) in [4.78, 5) is 4.16. The van der Waals surface area contributed by atoms with Gasteiger partial charge < -0.3 is 5.32 Å². The minimum atomic E-state index is 0. The van der Waals surface area contributed by atoms with Crippen molar-refractivity contribution in [3.63, 3.8) is 0 Å². The van der Waals surface area contributed by atoms with Gasteiger partial charge in [0, 0.05) is 18.4 Å². The summed E-state index contributed by atoms with van der Waals surface area (Å²) in [7, 11) is 0. The van der Waals surface area contributed by atoms with Crippen LogP contribution in [0, 0.1) is 0 Å². The van der Waals surface area contributed by atoms with Gasteiger partial charge in [-0.1, -0.05) is 6.07 Å². The Morgan fingerprint density at radius 3 is 2.80 bits per heavy atom. The van der Waals surface area contributed by atoms with Gasteiger partial charge in [0.2, 0.25) is 0 Å². The topological polar surface area (TPSA) is 24.9 Å². The summed E-state index contributed by atoms with van der Waals surface area (Å²) in [6, 6.07) is 4.87. The van der Waals surface area contributed by atoms with Crippen molar-refractivity contribution in [2.45, 2.75) is 31.7 Å². The lowest BCUT2D eigenvalue weighted by atomic mass is 9.88. The van der Waals surface area contributed by atoms with E-state index in [1.165, 1.54) is 18.4 Å². The van der Waals surface area contributed by atoms with Crippen molar-refractivity contribution in [2.24, 2.45) is 0 Å². The molecule has 2 rings (SSSR count). The first kappa shape index (κ1) is 14.7. The highest BCUT2D eigenvalue weighted by Crippen LogP contribution is 2.26. The number of rotatable bonds is 1. The lowest BCUT2D eigenvalue weighted by molar-refractivity contribution is 0.381. The second-order valence-corrected chi connectivity index (χ2v) is 3.86. The van der Waals surface area contributed by atoms with E-state index in [0.29, 0.717) is 12.0 Å². The summed E-state index contributed by atoms with van der Waals surface area (Å²) in [6.07, 6.45) is 6.33. The Kier molecular flexibility index (Phi) is 6.90. The Labute approximate surface area is 104 Å². The monoisotopic (exact) mass is 248 g/mol. The number of aromatic nitrogens is 1. The average molecular weight is 249 g/mol. The van der Waals surface area contributed by atoms with Crippen molar-refractivity contribution < 1.29 is 0 Å². The Morgan fingerprint density at radius 1 is 1.40 bits per heavy atom. The molecule has 1 saturated heterocycles. The van der Waals surface area contributed by atoms with Crippen LogP contribution in [0.5, 0.6) is 0 Å². The van der Waals surface area contributed by atoms with Crippen LogP contribution < -0.4 is 5.32 Å². The maximum Gasteiger partial charge on any atom is 0.0302 e. The Hall–Kier alpha value is -0.310. The van der Waals surface area contributed by atoms with Crippen molar-refractivity contribution in [1.29, 1.82) is 0 Å². The van der Waals surface area contributed by atoms with E-state index in [4.69, 9.17) is 0 Å². The van der Waals surface area contributed by atoms with Gasteiger partial charge in [0.25, 0.3) is 0 Å². The first-order chi connectivity index (χ1) is 6.36. The lowest BCUT2D eigenvalue weighted by Crippen LogP contribution is -2.34. The molecule has 0 amide bonds. The molecule has 86 valence electrons. The minimum Gasteiger partial charge on any atom is -0.314 e. The van der Waals surface area contributed by atoms with Crippen molar-refractivity contribution in [3.8, 4) is 0 Å². The molecule has 2 heterocycles. The number of nitrogens with one attached hydrogen (secondary N) is 1. The molecule has 1 N–H and O–H groups in total. The highest BCUT2D eigenvalue weighted by Gasteiger charge is 2.19. The molecule has 2 unspecified atom stereocenters. The summed E-state index contributed by atoms with van der Waals surface area (Å²) >= 11 is 0. The van der Waals surface area contributed by atoms with Crippen LogP contribution >= 0.6 is 24.8 Å². The third kappa shape index (κ3) is 3.98. The van der Waals surface area contributed by atoms with E-state index >= 15 is 0 Å². The van der Waals surface area contributed by atoms with Gasteiger partial charge in [-0.25, -0.2) is 0 Å². The molecule has 0 bridgehead atoms. The van der Waals surface area contributed by atoms with Crippen LogP contribution in [0.4, 0.5) is 0 Å². The van der Waals surface area contributed by atoms with Crippen molar-refractivity contribution in [3.05, 3.63) is 30.1 Å². The first-order valence-electron chi connectivity index (χ1n) is 4.99. The molecule has 15 heavy (non-hydrogen) atoms. The third-order valence-electron chi connectivity index (χ3n) is 2.78. The zero-order valence-corrected chi connectivity index (χ0v) is 10.5. The van der Waals surface area contributed by atoms with E-state index in [1.54, 1.807) is 0 Å². The van der Waals surface area contributed by atoms with Gasteiger partial charge in [-0.15, -0.1) is 24.8 Å². The molecular weight excluding hydrogens is 231 g/mol. The second kappa shape index (κ2) is 7.04. The number of hydrogen-bond acceptors (Lipinski definition) is 2. The summed E-state index contributed by atoms with van der Waals surface area (Å²) in [5.74, 6) is 0.713. The number of piperidine rings is 1. The molecule has 1 aliphatic rings. The maximum atomic E-state index is 4.16. The molecule has 0 radical (unpaired) electrons. The predicted molar refractivity (Wildman–Crippen MR) is 68.2 cm³/mol. The van der Waals surface area contributed by atoms with Crippen LogP contribution in [0.15, 0.2) is 24.5 Å². The van der Waals surface area contributed by atoms with Gasteiger partial charge in [-0.05, 0) is 43.9 Å². The molecule has 2 atom stereocenters. The van der Waals surface area contributed by atoms with Crippen LogP contribution in [0.2, 0.25) is 0 Å². The molecule has 1 aromatic rings. The zero-order chi connectivity index (χ0) is 9.10. The Balaban J connectivity index is 0.000000980. The molecule has 1 aliphatic heterocycles. The van der Waals surface area contributed by atoms with Gasteiger partial charge in [0.15, 0.2) is 0 Å². The zero-order valence-electron chi connectivity index (χ0n) is 8.85. The fourth-order valence-electron chi connectivity index (χ4n) is 2.05. The highest BCUT2D eigenvalue weighted by atomic mass is 35.5. The molecule has 1 aromatic heterocycles. The van der Waals surface area contributed by atoms with Gasteiger partial charge in [-0.2, -0.15) is 0 Å². The van der Waals surface area contributed by atoms with E-state index in [9.17, 15) is 0 Å². The smallest absolute Gasteiger partial charge is 0.0302 e. The molecular formula is C11H18Cl2N2. The SMILES string of the molecule is CC1CC(c2cccnc2)CCN1.Cl.Cl. The van der Waals surface area contributed by atoms with E-state index in [-0.39, 0.29) is 24.8 Å². The fourth-order valence-corrected chi connectivity index (χ4v) is 2.05. The number of nitrogens with zero attached hydrogens (tertiary/aromatic N) is 1. The van der Waals surface area contributed by atoms with Crippen LogP contribution in [-0.4, -0.2) is 17.6 Å². The van der Waals surface area contributed by atoms with Crippen LogP contribution in [0.25, 0.3) is 0 Å². The van der Waals surface area contributed by atoms with Crippen LogP contribution in [0.1, 0.15) is 31.2 Å². The van der Waals surface area contributed by atoms with Gasteiger partial charge >= 0.3 is 0 Å². The maximum absolute atomic E-state index is 4.16. The van der Waals surface area contributed by atoms with Crippen molar-refractivity contribution in [2.75, 3.05) is 6.54 Å². The molecule has 0 aliphatic carbocycles. The number of pyridine rings is 1. The third-order valence-corrected chi connectivity index (χ3v) is 2.78. The lowest BCUT2D eigenvalue weighted by Gasteiger charge is -2.27. The van der Waals surface area contributed by atoms with E-state index in [1.807, 2.05) is 18.5 Å². The number of hydrogen-bond donors (Lipinski definition) is 1. The van der Waals surface area contributed by atoms with Gasteiger partial charge in [-0.3, -0.25) is 4.98 Å². The van der Waals surface area contributed by atoms with Crippen molar-refractivity contribution >= 4 is 24.8 Å². The molecule has 0 saturated carbocycles. The van der Waals surface area contributed by atoms with E-state index in [2.05, 4.69) is 23.3 Å². The Morgan fingerprint density at radius 2 is 2.20 bits per heavy atom. The normalized spacial score (nSPS) is 24.9. The molecule has 0 spiro atoms. The standard InChI is InChI=1S/C11H16N2.2ClH/c1-9-7-10(4-6-13-9)11-3-2-5-12-8-11;;/h2-3,5,8-10,13H,4,6-7H2,1H3;2*1H. The molecule has 4 heteroatoms. The van der Waals surface area contributed by atoms with Gasteiger partial charge in [0.05, 0.1) is 0 Å². The van der Waals surface area contributed by atoms with Crippen LogP contribution in [-0.2, 0) is 0 Å². The summed E-state index contributed by atoms with van der Waals surface area (Å²) in [6.45, 7) is 3.39. The molecule has 0 aromatic carbocycles. The molecule has 1 fully saturated rings. The van der Waals surface area contributed by atoms with Crippen LogP contribution in [0.3, 0.4) is 0 Å². The quantitative estimate of drug-likeness (QED) is 0.827. The largest absolute Gasteiger partial charge is 0.314 e. The molecule has 2 nitrogen and oxygen atoms in total. The predicted octanol–water partition coefficient (Wildman–Crippen LogP) is 2.78. The minimum absolute atomic E-state index is 0. The number of halogens is 2. The summed E-state index contributed by atoms with van der Waals surface area (Å²) in [5.41, 5.74) is 1.40. The first-order valence-corrected chi connectivity index (χ1v) is 4.99. The highest BCUT2D eigenvalue weighted by molar-refractivity contribution is 5.85. The van der Waals surface area contributed by atoms with E-state index < -0.39 is 0 Å². The average Bonchev–Trinajstić information content (AvgIpc) is 2.19. The Bertz CT molecular complexity index is 267. The van der Waals surface area contributed by atoms with Gasteiger partial charge in [0.1, 0.15) is 0 Å². The fraction of sp³-hybridized carbons (Fsp3) is 0.545. The summed E-state index contributed by atoms with van der Waals surface area (Å²) in [5, 5.41) is 3.46. The van der Waals surface area contributed by atoms with E-state index in [0.717, 1.165) is 6.54 Å². The van der Waals surface area contributed by atoms with Crippen molar-refractivity contribution in [1.82, 2.24) is 10.3 Å². The summed E-state index contributed by atoms with van der Waals surface area (Å²) < 4.78 is 0.